The van der Waals surface area contributed by atoms with Crippen molar-refractivity contribution < 1.29 is 4.79 Å². The number of carbonyl (C=O) groups is 1. The van der Waals surface area contributed by atoms with Crippen LogP contribution in [0.5, 0.6) is 0 Å². The van der Waals surface area contributed by atoms with Crippen LogP contribution >= 0.6 is 0 Å². The summed E-state index contributed by atoms with van der Waals surface area (Å²) in [4.78, 5) is 23.6. The molecular formula is C23H31N5O. The first-order chi connectivity index (χ1) is 14.1. The van der Waals surface area contributed by atoms with Crippen LogP contribution in [0.4, 0.5) is 17.3 Å². The molecule has 4 rings (SSSR count). The Morgan fingerprint density at radius 2 is 2.03 bits per heavy atom. The zero-order valence-corrected chi connectivity index (χ0v) is 17.4. The van der Waals surface area contributed by atoms with Crippen LogP contribution < -0.4 is 15.5 Å². The van der Waals surface area contributed by atoms with Crippen LogP contribution in [0.1, 0.15) is 49.7 Å². The molecule has 1 saturated heterocycles. The molecule has 1 amide bonds. The number of piperidine rings is 1. The highest BCUT2D eigenvalue weighted by atomic mass is 16.1. The molecule has 2 aromatic rings. The molecule has 6 nitrogen and oxygen atoms in total. The smallest absolute Gasteiger partial charge is 0.224 e. The maximum Gasteiger partial charge on any atom is 0.224 e. The Balaban J connectivity index is 1.29. The Morgan fingerprint density at radius 3 is 2.86 bits per heavy atom. The third kappa shape index (κ3) is 5.46. The van der Waals surface area contributed by atoms with E-state index in [4.69, 9.17) is 0 Å². The van der Waals surface area contributed by atoms with Crippen molar-refractivity contribution >= 4 is 23.2 Å². The maximum absolute atomic E-state index is 12.5. The Bertz CT molecular complexity index is 864. The first kappa shape index (κ1) is 19.7. The average Bonchev–Trinajstić information content (AvgIpc) is 3.54. The molecule has 1 aromatic heterocycles. The van der Waals surface area contributed by atoms with Gasteiger partial charge in [0.1, 0.15) is 18.0 Å². The third-order valence-electron chi connectivity index (χ3n) is 5.87. The topological polar surface area (TPSA) is 70.2 Å². The van der Waals surface area contributed by atoms with Crippen molar-refractivity contribution in [2.45, 2.75) is 58.4 Å². The zero-order valence-electron chi connectivity index (χ0n) is 17.4. The summed E-state index contributed by atoms with van der Waals surface area (Å²) in [6.45, 7) is 6.05. The highest BCUT2D eigenvalue weighted by Gasteiger charge is 2.24. The molecule has 154 valence electrons. The van der Waals surface area contributed by atoms with Gasteiger partial charge in [0.2, 0.25) is 5.91 Å². The molecule has 1 aromatic carbocycles. The summed E-state index contributed by atoms with van der Waals surface area (Å²) < 4.78 is 0. The van der Waals surface area contributed by atoms with Crippen LogP contribution in [0.15, 0.2) is 30.6 Å². The second-order valence-electron chi connectivity index (χ2n) is 8.54. The lowest BCUT2D eigenvalue weighted by Crippen LogP contribution is -2.36. The second kappa shape index (κ2) is 8.80. The summed E-state index contributed by atoms with van der Waals surface area (Å²) in [6, 6.07) is 8.81. The van der Waals surface area contributed by atoms with Gasteiger partial charge in [-0.3, -0.25) is 4.79 Å². The molecule has 1 aliphatic heterocycles. The Hall–Kier alpha value is -2.63. The number of rotatable bonds is 7. The fourth-order valence-electron chi connectivity index (χ4n) is 3.96. The zero-order chi connectivity index (χ0) is 20.2. The van der Waals surface area contributed by atoms with E-state index in [0.29, 0.717) is 18.4 Å². The van der Waals surface area contributed by atoms with Crippen LogP contribution in [0, 0.1) is 19.8 Å². The molecule has 6 heteroatoms. The molecule has 0 radical (unpaired) electrons. The van der Waals surface area contributed by atoms with Crippen LogP contribution in [-0.2, 0) is 4.79 Å². The number of amides is 1. The summed E-state index contributed by atoms with van der Waals surface area (Å²) in [5.41, 5.74) is 3.19. The molecule has 0 unspecified atom stereocenters. The third-order valence-corrected chi connectivity index (χ3v) is 5.87. The number of aryl methyl sites for hydroxylation is 2. The molecule has 1 atom stereocenters. The van der Waals surface area contributed by atoms with Crippen LogP contribution in [-0.4, -0.2) is 35.0 Å². The highest BCUT2D eigenvalue weighted by Crippen LogP contribution is 2.28. The standard InChI is InChI=1S/C23H31N5O/c1-16-5-6-17(2)20(12-16)27-23(29)10-7-18-4-3-11-28(14-18)22-13-21(24-15-25-22)26-19-8-9-19/h5-6,12-13,15,18-19H,3-4,7-11,14H2,1-2H3,(H,27,29)(H,24,25,26)/t18-/m0/s1. The van der Waals surface area contributed by atoms with Gasteiger partial charge in [-0.15, -0.1) is 0 Å². The van der Waals surface area contributed by atoms with Gasteiger partial charge in [0.25, 0.3) is 0 Å². The molecule has 0 bridgehead atoms. The van der Waals surface area contributed by atoms with Crippen LogP contribution in [0.3, 0.4) is 0 Å². The molecular weight excluding hydrogens is 362 g/mol. The highest BCUT2D eigenvalue weighted by molar-refractivity contribution is 5.91. The molecule has 1 aliphatic carbocycles. The number of hydrogen-bond acceptors (Lipinski definition) is 5. The SMILES string of the molecule is Cc1ccc(C)c(NC(=O)CC[C@@H]2CCCN(c3cc(NC4CC4)ncn3)C2)c1. The molecule has 29 heavy (non-hydrogen) atoms. The maximum atomic E-state index is 12.5. The molecule has 2 fully saturated rings. The van der Waals surface area contributed by atoms with Crippen molar-refractivity contribution in [3.05, 3.63) is 41.7 Å². The summed E-state index contributed by atoms with van der Waals surface area (Å²) in [5, 5.41) is 6.53. The minimum Gasteiger partial charge on any atom is -0.367 e. The summed E-state index contributed by atoms with van der Waals surface area (Å²) in [5.74, 6) is 2.54. The van der Waals surface area contributed by atoms with Gasteiger partial charge in [-0.25, -0.2) is 9.97 Å². The number of anilines is 3. The van der Waals surface area contributed by atoms with E-state index in [0.717, 1.165) is 54.4 Å². The largest absolute Gasteiger partial charge is 0.367 e. The van der Waals surface area contributed by atoms with Crippen molar-refractivity contribution in [3.8, 4) is 0 Å². The lowest BCUT2D eigenvalue weighted by molar-refractivity contribution is -0.116. The Labute approximate surface area is 173 Å². The lowest BCUT2D eigenvalue weighted by Gasteiger charge is -2.33. The van der Waals surface area contributed by atoms with Gasteiger partial charge in [0, 0.05) is 37.3 Å². The summed E-state index contributed by atoms with van der Waals surface area (Å²) >= 11 is 0. The normalized spacial score (nSPS) is 19.1. The van der Waals surface area contributed by atoms with Gasteiger partial charge in [0.15, 0.2) is 0 Å². The van der Waals surface area contributed by atoms with Gasteiger partial charge in [-0.1, -0.05) is 12.1 Å². The number of carbonyl (C=O) groups excluding carboxylic acids is 1. The number of benzene rings is 1. The monoisotopic (exact) mass is 393 g/mol. The Morgan fingerprint density at radius 1 is 1.17 bits per heavy atom. The molecule has 2 N–H and O–H groups in total. The summed E-state index contributed by atoms with van der Waals surface area (Å²) in [7, 11) is 0. The first-order valence-corrected chi connectivity index (χ1v) is 10.8. The number of aromatic nitrogens is 2. The first-order valence-electron chi connectivity index (χ1n) is 10.8. The van der Waals surface area contributed by atoms with Crippen molar-refractivity contribution in [3.63, 3.8) is 0 Å². The second-order valence-corrected chi connectivity index (χ2v) is 8.54. The van der Waals surface area contributed by atoms with Crippen molar-refractivity contribution in [1.29, 1.82) is 0 Å². The fourth-order valence-corrected chi connectivity index (χ4v) is 3.96. The number of hydrogen-bond donors (Lipinski definition) is 2. The quantitative estimate of drug-likeness (QED) is 0.734. The van der Waals surface area contributed by atoms with E-state index in [9.17, 15) is 4.79 Å². The van der Waals surface area contributed by atoms with E-state index >= 15 is 0 Å². The molecule has 1 saturated carbocycles. The van der Waals surface area contributed by atoms with Gasteiger partial charge < -0.3 is 15.5 Å². The molecule has 2 heterocycles. The van der Waals surface area contributed by atoms with Crippen molar-refractivity contribution in [1.82, 2.24) is 9.97 Å². The molecule has 0 spiro atoms. The lowest BCUT2D eigenvalue weighted by atomic mass is 9.93. The van der Waals surface area contributed by atoms with Gasteiger partial charge in [-0.05, 0) is 69.1 Å². The average molecular weight is 394 g/mol. The van der Waals surface area contributed by atoms with E-state index in [2.05, 4.69) is 43.7 Å². The van der Waals surface area contributed by atoms with E-state index in [-0.39, 0.29) is 5.91 Å². The predicted octanol–water partition coefficient (Wildman–Crippen LogP) is 4.30. The van der Waals surface area contributed by atoms with Crippen molar-refractivity contribution in [2.24, 2.45) is 5.92 Å². The molecule has 2 aliphatic rings. The van der Waals surface area contributed by atoms with E-state index in [1.54, 1.807) is 6.33 Å². The number of nitrogens with one attached hydrogen (secondary N) is 2. The van der Waals surface area contributed by atoms with Gasteiger partial charge >= 0.3 is 0 Å². The fraction of sp³-hybridized carbons (Fsp3) is 0.522. The van der Waals surface area contributed by atoms with Gasteiger partial charge in [0.05, 0.1) is 0 Å². The van der Waals surface area contributed by atoms with Crippen LogP contribution in [0.25, 0.3) is 0 Å². The van der Waals surface area contributed by atoms with Crippen molar-refractivity contribution in [2.75, 3.05) is 28.6 Å². The van der Waals surface area contributed by atoms with E-state index < -0.39 is 0 Å². The van der Waals surface area contributed by atoms with Crippen LogP contribution in [0.2, 0.25) is 0 Å². The Kier molecular flexibility index (Phi) is 5.97. The van der Waals surface area contributed by atoms with Gasteiger partial charge in [-0.2, -0.15) is 0 Å². The minimum atomic E-state index is 0.105. The van der Waals surface area contributed by atoms with E-state index in [1.807, 2.05) is 19.9 Å². The van der Waals surface area contributed by atoms with E-state index in [1.165, 1.54) is 19.3 Å². The minimum absolute atomic E-state index is 0.105. The number of nitrogens with zero attached hydrogens (tertiary/aromatic N) is 3. The summed E-state index contributed by atoms with van der Waals surface area (Å²) in [6.07, 6.45) is 7.89. The predicted molar refractivity (Wildman–Crippen MR) is 117 cm³/mol.